The predicted octanol–water partition coefficient (Wildman–Crippen LogP) is 8.68. The van der Waals surface area contributed by atoms with Crippen LogP contribution in [0.25, 0.3) is 21.3 Å². The van der Waals surface area contributed by atoms with Gasteiger partial charge in [0, 0.05) is 78.9 Å². The number of nitrogens with zero attached hydrogens (tertiary/aromatic N) is 3. The Bertz CT molecular complexity index is 3740. The van der Waals surface area contributed by atoms with E-state index in [2.05, 4.69) is 20.6 Å². The number of ether oxygens (including phenoxy) is 1. The number of aryl methyl sites for hydroxylation is 3. The van der Waals surface area contributed by atoms with Crippen LogP contribution in [0, 0.1) is 30.0 Å². The molecule has 472 valence electrons. The van der Waals surface area contributed by atoms with E-state index < -0.39 is 90.0 Å². The number of aromatic nitrogens is 2. The molecular weight excluding hydrogens is 1180 g/mol. The van der Waals surface area contributed by atoms with E-state index in [1.165, 1.54) is 40.1 Å². The molecule has 23 heteroatoms. The number of nitrogens with one attached hydrogen (secondary N) is 3. The number of para-hydroxylation sites is 1. The van der Waals surface area contributed by atoms with E-state index in [4.69, 9.17) is 10.5 Å². The molecule has 4 aromatic carbocycles. The number of carbonyl (C=O) groups is 8. The molecule has 5 amide bonds. The lowest BCUT2D eigenvalue weighted by atomic mass is 9.76. The van der Waals surface area contributed by atoms with Crippen LogP contribution < -0.4 is 21.3 Å². The molecule has 5 heterocycles. The lowest BCUT2D eigenvalue weighted by molar-refractivity contribution is -0.146. The molecule has 0 bridgehead atoms. The summed E-state index contributed by atoms with van der Waals surface area (Å²) in [6.07, 6.45) is 0.677. The van der Waals surface area contributed by atoms with Crippen LogP contribution in [0.15, 0.2) is 90.4 Å². The maximum absolute atomic E-state index is 15.8. The fourth-order valence-electron chi connectivity index (χ4n) is 12.4. The number of benzene rings is 4. The van der Waals surface area contributed by atoms with Crippen LogP contribution in [-0.2, 0) is 63.9 Å². The number of aromatic amines is 1. The lowest BCUT2D eigenvalue weighted by Crippen LogP contribution is -2.54. The van der Waals surface area contributed by atoms with Crippen LogP contribution in [0.4, 0.5) is 10.1 Å². The average molecular weight is 1260 g/mol. The van der Waals surface area contributed by atoms with E-state index >= 15 is 4.39 Å². The minimum Gasteiger partial charge on any atom is -0.391 e. The number of aliphatic hydroxyl groups is 1. The largest absolute Gasteiger partial charge is 0.396 e. The van der Waals surface area contributed by atoms with Crippen molar-refractivity contribution in [2.24, 2.45) is 23.0 Å². The summed E-state index contributed by atoms with van der Waals surface area (Å²) >= 11 is 1.55. The maximum atomic E-state index is 15.8. The van der Waals surface area contributed by atoms with Gasteiger partial charge in [0.25, 0.3) is 5.52 Å². The molecule has 0 spiro atoms. The highest BCUT2D eigenvalue weighted by Gasteiger charge is 2.47. The Labute approximate surface area is 519 Å². The van der Waals surface area contributed by atoms with Gasteiger partial charge in [-0.15, -0.1) is 11.3 Å². The van der Waals surface area contributed by atoms with E-state index in [1.54, 1.807) is 35.9 Å². The molecule has 3 aliphatic heterocycles. The lowest BCUT2D eigenvalue weighted by Gasteiger charge is -2.35. The number of ketones is 2. The Hall–Kier alpha value is -7.59. The van der Waals surface area contributed by atoms with Crippen molar-refractivity contribution >= 4 is 82.1 Å². The van der Waals surface area contributed by atoms with Crippen LogP contribution in [0.2, 0.25) is 0 Å². The van der Waals surface area contributed by atoms with Crippen LogP contribution in [0.5, 0.6) is 0 Å². The zero-order valence-electron chi connectivity index (χ0n) is 50.8. The van der Waals surface area contributed by atoms with Gasteiger partial charge in [0.15, 0.2) is 5.78 Å². The number of fused-ring (bicyclic) bond motifs is 1. The molecule has 20 nitrogen and oxygen atoms in total. The number of halogens is 1. The number of hydrogen-bond acceptors (Lipinski definition) is 13. The van der Waals surface area contributed by atoms with Gasteiger partial charge in [-0.2, -0.15) is 0 Å². The molecular formula is C66H77FN7O13PS. The van der Waals surface area contributed by atoms with Gasteiger partial charge < -0.3 is 45.9 Å². The van der Waals surface area contributed by atoms with E-state index in [-0.39, 0.29) is 98.6 Å². The molecule has 0 unspecified atom stereocenters. The molecule has 89 heavy (non-hydrogen) atoms. The Morgan fingerprint density at radius 1 is 0.921 bits per heavy atom. The van der Waals surface area contributed by atoms with Gasteiger partial charge >= 0.3 is 7.60 Å². The molecule has 0 radical (unpaired) electrons. The first-order valence-electron chi connectivity index (χ1n) is 30.1. The number of H-pyrrole nitrogens is 1. The SMILES string of the molecule is Cc1ncsc1-c1ccc([C@H](C)NC(=O)[C@@H]2C[C@@H](O)CN2C(=O)[C@@H](CC(=O)CCCCc2ccc(CO[C@H](C)[C@H](CCC(N)=O)NC(=O)[C@@H]3Cc4cccc5c4N3C(=O)[C@@H](CC(=O)c3cc4cc(C(=O)P(=O)(O)O)ccc4[nH]3)CC5)c(F)c2)C(C)(C)C)cc1. The highest BCUT2D eigenvalue weighted by Crippen LogP contribution is 2.43. The van der Waals surface area contributed by atoms with Crippen molar-refractivity contribution in [1.82, 2.24) is 25.5 Å². The fraction of sp³-hybridized carbons (Fsp3) is 0.439. The van der Waals surface area contributed by atoms with Crippen molar-refractivity contribution in [2.45, 2.75) is 162 Å². The molecule has 8 atom stereocenters. The smallest absolute Gasteiger partial charge is 0.391 e. The predicted molar refractivity (Wildman–Crippen MR) is 333 cm³/mol. The second-order valence-electron chi connectivity index (χ2n) is 25.0. The van der Waals surface area contributed by atoms with Gasteiger partial charge in [-0.3, -0.25) is 47.8 Å². The van der Waals surface area contributed by atoms with Crippen LogP contribution in [0.3, 0.4) is 0 Å². The highest BCUT2D eigenvalue weighted by molar-refractivity contribution is 7.70. The number of carbonyl (C=O) groups excluding carboxylic acids is 8. The van der Waals surface area contributed by atoms with E-state index in [0.29, 0.717) is 54.3 Å². The molecule has 9 rings (SSSR count). The summed E-state index contributed by atoms with van der Waals surface area (Å²) in [7, 11) is -5.06. The summed E-state index contributed by atoms with van der Waals surface area (Å²) < 4.78 is 33.6. The molecule has 2 aromatic heterocycles. The average Bonchev–Trinajstić information content (AvgIpc) is 1.78. The number of likely N-dealkylation sites (tertiary alicyclic amines) is 1. The minimum absolute atomic E-state index is 0.0239. The quantitative estimate of drug-likeness (QED) is 0.0152. The molecule has 0 aliphatic carbocycles. The summed E-state index contributed by atoms with van der Waals surface area (Å²) in [5, 5.41) is 17.2. The Kier molecular flexibility index (Phi) is 20.5. The zero-order valence-corrected chi connectivity index (χ0v) is 52.5. The number of primary amides is 1. The number of anilines is 1. The van der Waals surface area contributed by atoms with Crippen LogP contribution >= 0.6 is 18.9 Å². The van der Waals surface area contributed by atoms with Crippen molar-refractivity contribution in [1.29, 1.82) is 0 Å². The summed E-state index contributed by atoms with van der Waals surface area (Å²) in [5.74, 6) is -4.98. The number of nitrogens with two attached hydrogens (primary N) is 1. The third-order valence-electron chi connectivity index (χ3n) is 17.5. The summed E-state index contributed by atoms with van der Waals surface area (Å²) in [6.45, 7) is 10.9. The van der Waals surface area contributed by atoms with Gasteiger partial charge in [0.2, 0.25) is 29.5 Å². The van der Waals surface area contributed by atoms with E-state index in [9.17, 15) is 57.8 Å². The molecule has 1 fully saturated rings. The number of hydrogen-bond donors (Lipinski definition) is 7. The standard InChI is InChI=1S/C66H77FN7O13PS/c1-36(40-16-19-42(20-17-40)60-37(2)69-35-89-60)70-61(79)55-32-49(76)33-73(55)64(82)50(66(4,5)6)31-48(75)13-8-7-10-39-14-15-46(51(67)26-39)34-87-38(3)52(24-25-58(68)78)72-62(80)56-29-43-12-9-11-41-18-21-44(63(81)74(56)59(41)43)30-57(77)54-28-47-27-45(22-23-53(47)71-54)65(83)88(84,85)86/h9,11-12,14-17,19-20,22-23,26-28,35-36,38,44,49-50,52,55-56,71,76H,7-8,10,13,18,21,24-25,29-34H2,1-6H3,(H2,68,78)(H,70,79)(H,72,80)(H2,84,85,86)/t36-,38+,44+,49+,50+,52-,55-,56-/m0/s1. The van der Waals surface area contributed by atoms with Crippen molar-refractivity contribution in [3.8, 4) is 10.4 Å². The number of rotatable bonds is 26. The number of amides is 5. The molecule has 0 saturated carbocycles. The van der Waals surface area contributed by atoms with E-state index in [1.807, 2.05) is 77.1 Å². The Morgan fingerprint density at radius 2 is 1.65 bits per heavy atom. The number of Topliss-reactive ketones (excluding diaryl/α,β-unsaturated/α-hetero) is 2. The van der Waals surface area contributed by atoms with Crippen molar-refractivity contribution in [3.05, 3.63) is 141 Å². The highest BCUT2D eigenvalue weighted by atomic mass is 32.1. The summed E-state index contributed by atoms with van der Waals surface area (Å²) in [5.41, 5.74) is 11.7. The first-order valence-corrected chi connectivity index (χ1v) is 32.6. The summed E-state index contributed by atoms with van der Waals surface area (Å²) in [6, 6.07) is 20.5. The zero-order chi connectivity index (χ0) is 64.2. The second kappa shape index (κ2) is 27.7. The maximum Gasteiger partial charge on any atom is 0.396 e. The minimum atomic E-state index is -5.06. The van der Waals surface area contributed by atoms with Crippen molar-refractivity contribution in [2.75, 3.05) is 11.4 Å². The summed E-state index contributed by atoms with van der Waals surface area (Å²) in [4.78, 5) is 139. The van der Waals surface area contributed by atoms with Crippen molar-refractivity contribution in [3.63, 3.8) is 0 Å². The fourth-order valence-corrected chi connectivity index (χ4v) is 13.6. The monoisotopic (exact) mass is 1260 g/mol. The first-order chi connectivity index (χ1) is 42.1. The molecule has 6 aromatic rings. The van der Waals surface area contributed by atoms with Gasteiger partial charge in [0.1, 0.15) is 23.7 Å². The van der Waals surface area contributed by atoms with E-state index in [0.717, 1.165) is 32.8 Å². The number of β-amino-alcohol motifs (C(OH)–C–C–N with tert-alkyl or cyclic N) is 1. The molecule has 8 N–H and O–H groups in total. The Balaban J connectivity index is 0.764. The van der Waals surface area contributed by atoms with Gasteiger partial charge in [-0.1, -0.05) is 75.4 Å². The second-order valence-corrected chi connectivity index (χ2v) is 27.3. The third kappa shape index (κ3) is 15.5. The number of unbranched alkanes of at least 4 members (excludes halogenated alkanes) is 1. The first kappa shape index (κ1) is 65.8. The van der Waals surface area contributed by atoms with Gasteiger partial charge in [0.05, 0.1) is 58.4 Å². The van der Waals surface area contributed by atoms with Gasteiger partial charge in [-0.25, -0.2) is 9.37 Å². The molecule has 1 saturated heterocycles. The Morgan fingerprint density at radius 3 is 2.34 bits per heavy atom. The normalized spacial score (nSPS) is 18.9. The van der Waals surface area contributed by atoms with Crippen LogP contribution in [-0.4, -0.2) is 113 Å². The number of thiazole rings is 1. The molecule has 3 aliphatic rings. The van der Waals surface area contributed by atoms with Crippen LogP contribution in [0.1, 0.15) is 153 Å². The van der Waals surface area contributed by atoms with Crippen molar-refractivity contribution < 1.29 is 66.9 Å². The van der Waals surface area contributed by atoms with Gasteiger partial charge in [-0.05, 0) is 123 Å². The third-order valence-corrected chi connectivity index (χ3v) is 19.3. The topological polar surface area (TPSA) is 309 Å². The number of aliphatic hydroxyl groups excluding tert-OH is 1.